The van der Waals surface area contributed by atoms with Crippen molar-refractivity contribution in [3.63, 3.8) is 0 Å². The van der Waals surface area contributed by atoms with Gasteiger partial charge in [0.15, 0.2) is 5.16 Å². The summed E-state index contributed by atoms with van der Waals surface area (Å²) in [6.45, 7) is 5.15. The van der Waals surface area contributed by atoms with E-state index in [1.165, 1.54) is 11.8 Å². The molecule has 0 radical (unpaired) electrons. The molecule has 1 aromatic heterocycles. The number of nitrogens with two attached hydrogens (primary N) is 1. The Bertz CT molecular complexity index is 636. The lowest BCUT2D eigenvalue weighted by Gasteiger charge is -2.08. The number of nitrogens with zero attached hydrogens (tertiary/aromatic N) is 2. The molecule has 108 valence electrons. The number of aromatic nitrogens is 3. The number of ether oxygens (including phenoxy) is 1. The van der Waals surface area contributed by atoms with Crippen molar-refractivity contribution in [2.75, 3.05) is 12.3 Å². The molecule has 3 N–H and O–H groups in total. The summed E-state index contributed by atoms with van der Waals surface area (Å²) >= 11 is 1.39. The maximum Gasteiger partial charge on any atom is 0.343 e. The van der Waals surface area contributed by atoms with E-state index in [0.29, 0.717) is 24.0 Å². The van der Waals surface area contributed by atoms with E-state index in [2.05, 4.69) is 10.2 Å². The molecule has 0 aliphatic heterocycles. The number of aromatic amines is 1. The monoisotopic (exact) mass is 294 g/mol. The maximum atomic E-state index is 11.6. The number of nitrogen functional groups attached to an aromatic ring is 1. The van der Waals surface area contributed by atoms with Gasteiger partial charge in [-0.1, -0.05) is 6.92 Å². The Morgan fingerprint density at radius 1 is 1.40 bits per heavy atom. The molecule has 2 rings (SSSR count). The number of hydrogen-bond acceptors (Lipinski definition) is 5. The van der Waals surface area contributed by atoms with E-state index >= 15 is 0 Å². The van der Waals surface area contributed by atoms with Gasteiger partial charge in [-0.25, -0.2) is 9.89 Å². The van der Waals surface area contributed by atoms with Gasteiger partial charge in [0, 0.05) is 23.2 Å². The predicted octanol–water partition coefficient (Wildman–Crippen LogP) is 2.11. The van der Waals surface area contributed by atoms with E-state index in [1.54, 1.807) is 10.6 Å². The second kappa shape index (κ2) is 6.51. The first-order chi connectivity index (χ1) is 9.63. The molecule has 1 heterocycles. The quantitative estimate of drug-likeness (QED) is 0.797. The van der Waals surface area contributed by atoms with Crippen molar-refractivity contribution in [2.24, 2.45) is 0 Å². The summed E-state index contributed by atoms with van der Waals surface area (Å²) in [4.78, 5) is 12.5. The van der Waals surface area contributed by atoms with Crippen molar-refractivity contribution < 1.29 is 4.74 Å². The summed E-state index contributed by atoms with van der Waals surface area (Å²) in [6.07, 6.45) is 0.869. The van der Waals surface area contributed by atoms with Crippen LogP contribution in [0.3, 0.4) is 0 Å². The van der Waals surface area contributed by atoms with E-state index in [9.17, 15) is 4.79 Å². The van der Waals surface area contributed by atoms with Crippen LogP contribution in [0, 0.1) is 0 Å². The van der Waals surface area contributed by atoms with Gasteiger partial charge in [-0.15, -0.1) is 5.10 Å². The first-order valence-electron chi connectivity index (χ1n) is 6.50. The molecule has 0 amide bonds. The van der Waals surface area contributed by atoms with Crippen LogP contribution in [-0.2, 0) is 6.54 Å². The number of rotatable bonds is 6. The van der Waals surface area contributed by atoms with Gasteiger partial charge >= 0.3 is 5.69 Å². The molecule has 0 atom stereocenters. The van der Waals surface area contributed by atoms with Crippen LogP contribution in [0.2, 0.25) is 0 Å². The van der Waals surface area contributed by atoms with Crippen molar-refractivity contribution in [3.05, 3.63) is 28.7 Å². The molecule has 6 nitrogen and oxygen atoms in total. The van der Waals surface area contributed by atoms with Crippen molar-refractivity contribution >= 4 is 17.4 Å². The number of benzene rings is 1. The molecule has 7 heteroatoms. The van der Waals surface area contributed by atoms with Crippen LogP contribution in [0.4, 0.5) is 5.69 Å². The van der Waals surface area contributed by atoms with Crippen molar-refractivity contribution in [3.8, 4) is 5.75 Å². The SMILES string of the molecule is CCCn1c(Sc2cc(N)cc(OCC)c2)n[nH]c1=O. The average Bonchev–Trinajstić information content (AvgIpc) is 2.72. The van der Waals surface area contributed by atoms with Crippen LogP contribution in [0.5, 0.6) is 5.75 Å². The Balaban J connectivity index is 2.27. The lowest BCUT2D eigenvalue weighted by Crippen LogP contribution is -2.17. The molecule has 1 aromatic carbocycles. The molecule has 0 fully saturated rings. The Kier molecular flexibility index (Phi) is 4.73. The highest BCUT2D eigenvalue weighted by Gasteiger charge is 2.10. The number of nitrogens with one attached hydrogen (secondary N) is 1. The van der Waals surface area contributed by atoms with E-state index in [-0.39, 0.29) is 5.69 Å². The lowest BCUT2D eigenvalue weighted by molar-refractivity contribution is 0.339. The summed E-state index contributed by atoms with van der Waals surface area (Å²) in [6, 6.07) is 5.50. The first kappa shape index (κ1) is 14.5. The highest BCUT2D eigenvalue weighted by Crippen LogP contribution is 2.30. The average molecular weight is 294 g/mol. The molecule has 0 saturated carbocycles. The van der Waals surface area contributed by atoms with Crippen LogP contribution in [0.25, 0.3) is 0 Å². The molecule has 0 aliphatic rings. The lowest BCUT2D eigenvalue weighted by atomic mass is 10.3. The molecule has 20 heavy (non-hydrogen) atoms. The highest BCUT2D eigenvalue weighted by molar-refractivity contribution is 7.99. The third-order valence-electron chi connectivity index (χ3n) is 2.59. The van der Waals surface area contributed by atoms with Gasteiger partial charge in [0.1, 0.15) is 5.75 Å². The Morgan fingerprint density at radius 2 is 2.20 bits per heavy atom. The van der Waals surface area contributed by atoms with Crippen molar-refractivity contribution in [1.29, 1.82) is 0 Å². The van der Waals surface area contributed by atoms with E-state index in [0.717, 1.165) is 17.1 Å². The van der Waals surface area contributed by atoms with Crippen LogP contribution < -0.4 is 16.2 Å². The van der Waals surface area contributed by atoms with Gasteiger partial charge in [-0.3, -0.25) is 4.57 Å². The number of H-pyrrole nitrogens is 1. The summed E-state index contributed by atoms with van der Waals surface area (Å²) in [7, 11) is 0. The van der Waals surface area contributed by atoms with Crippen LogP contribution in [0.15, 0.2) is 33.0 Å². The predicted molar refractivity (Wildman–Crippen MR) is 79.3 cm³/mol. The molecular formula is C13H18N4O2S. The zero-order valence-electron chi connectivity index (χ0n) is 11.5. The van der Waals surface area contributed by atoms with E-state index < -0.39 is 0 Å². The van der Waals surface area contributed by atoms with Gasteiger partial charge in [0.05, 0.1) is 6.61 Å². The molecule has 0 spiro atoms. The second-order valence-electron chi connectivity index (χ2n) is 4.24. The Hall–Kier alpha value is -1.89. The topological polar surface area (TPSA) is 85.9 Å². The molecule has 0 saturated heterocycles. The molecule has 0 aliphatic carbocycles. The van der Waals surface area contributed by atoms with Gasteiger partial charge in [0.2, 0.25) is 0 Å². The maximum absolute atomic E-state index is 11.6. The standard InChI is InChI=1S/C13H18N4O2S/c1-3-5-17-12(18)15-16-13(17)20-11-7-9(14)6-10(8-11)19-4-2/h6-8H,3-5,14H2,1-2H3,(H,15,18). The van der Waals surface area contributed by atoms with Crippen LogP contribution in [-0.4, -0.2) is 21.4 Å². The van der Waals surface area contributed by atoms with Gasteiger partial charge < -0.3 is 10.5 Å². The zero-order valence-corrected chi connectivity index (χ0v) is 12.4. The fourth-order valence-corrected chi connectivity index (χ4v) is 2.77. The Labute approximate surface area is 121 Å². The minimum absolute atomic E-state index is 0.191. The smallest absolute Gasteiger partial charge is 0.343 e. The fraction of sp³-hybridized carbons (Fsp3) is 0.385. The Morgan fingerprint density at radius 3 is 2.90 bits per heavy atom. The largest absolute Gasteiger partial charge is 0.494 e. The summed E-state index contributed by atoms with van der Waals surface area (Å²) in [5, 5.41) is 7.14. The first-order valence-corrected chi connectivity index (χ1v) is 7.32. The second-order valence-corrected chi connectivity index (χ2v) is 5.28. The minimum Gasteiger partial charge on any atom is -0.494 e. The minimum atomic E-state index is -0.191. The third-order valence-corrected chi connectivity index (χ3v) is 3.56. The van der Waals surface area contributed by atoms with Gasteiger partial charge in [0.25, 0.3) is 0 Å². The molecular weight excluding hydrogens is 276 g/mol. The number of hydrogen-bond donors (Lipinski definition) is 2. The highest BCUT2D eigenvalue weighted by atomic mass is 32.2. The van der Waals surface area contributed by atoms with Crippen LogP contribution >= 0.6 is 11.8 Å². The number of anilines is 1. The molecule has 0 unspecified atom stereocenters. The molecule has 2 aromatic rings. The third kappa shape index (κ3) is 3.36. The van der Waals surface area contributed by atoms with E-state index in [1.807, 2.05) is 26.0 Å². The van der Waals surface area contributed by atoms with E-state index in [4.69, 9.17) is 10.5 Å². The summed E-state index contributed by atoms with van der Waals surface area (Å²) in [5.74, 6) is 0.718. The molecule has 0 bridgehead atoms. The summed E-state index contributed by atoms with van der Waals surface area (Å²) in [5.41, 5.74) is 6.29. The van der Waals surface area contributed by atoms with Crippen LogP contribution in [0.1, 0.15) is 20.3 Å². The fourth-order valence-electron chi connectivity index (χ4n) is 1.81. The summed E-state index contributed by atoms with van der Waals surface area (Å²) < 4.78 is 7.08. The van der Waals surface area contributed by atoms with Gasteiger partial charge in [-0.2, -0.15) is 0 Å². The normalized spacial score (nSPS) is 10.7. The zero-order chi connectivity index (χ0) is 14.5. The van der Waals surface area contributed by atoms with Crippen molar-refractivity contribution in [1.82, 2.24) is 14.8 Å². The van der Waals surface area contributed by atoms with Crippen molar-refractivity contribution in [2.45, 2.75) is 36.9 Å². The van der Waals surface area contributed by atoms with Gasteiger partial charge in [-0.05, 0) is 37.2 Å².